The van der Waals surface area contributed by atoms with Crippen LogP contribution in [0.4, 0.5) is 4.79 Å². The van der Waals surface area contributed by atoms with Gasteiger partial charge in [-0.2, -0.15) is 0 Å². The number of aliphatic carboxylic acids is 1. The molecule has 1 fully saturated rings. The highest BCUT2D eigenvalue weighted by Crippen LogP contribution is 2.27. The van der Waals surface area contributed by atoms with E-state index in [0.717, 1.165) is 4.90 Å². The van der Waals surface area contributed by atoms with Gasteiger partial charge in [0.2, 0.25) is 3.79 Å². The Morgan fingerprint density at radius 2 is 2.12 bits per heavy atom. The van der Waals surface area contributed by atoms with Crippen molar-refractivity contribution in [2.45, 2.75) is 9.83 Å². The first kappa shape index (κ1) is 14.0. The number of thioether (sulfide) groups is 1. The highest BCUT2D eigenvalue weighted by molar-refractivity contribution is 7.99. The summed E-state index contributed by atoms with van der Waals surface area (Å²) in [6, 6.07) is -0.882. The van der Waals surface area contributed by atoms with Gasteiger partial charge in [-0.25, -0.2) is 9.59 Å². The maximum absolute atomic E-state index is 11.5. The maximum Gasteiger partial charge on any atom is 0.411 e. The van der Waals surface area contributed by atoms with Crippen LogP contribution in [0.3, 0.4) is 0 Å². The minimum Gasteiger partial charge on any atom is -0.480 e. The molecule has 0 unspecified atom stereocenters. The zero-order valence-electron chi connectivity index (χ0n) is 7.86. The number of rotatable bonds is 2. The number of ether oxygens (including phenoxy) is 1. The molecule has 1 saturated heterocycles. The molecule has 0 aromatic carbocycles. The summed E-state index contributed by atoms with van der Waals surface area (Å²) in [5.41, 5.74) is 0. The summed E-state index contributed by atoms with van der Waals surface area (Å²) in [6.07, 6.45) is -0.788. The SMILES string of the molecule is O=C(O)[C@@H]1CSCN1C(=O)OCC(Cl)(Cl)Cl. The first-order chi connectivity index (χ1) is 7.31. The zero-order valence-corrected chi connectivity index (χ0v) is 10.9. The molecule has 1 rings (SSSR count). The Balaban J connectivity index is 2.50. The largest absolute Gasteiger partial charge is 0.480 e. The fourth-order valence-corrected chi connectivity index (χ4v) is 2.35. The van der Waals surface area contributed by atoms with Gasteiger partial charge in [0.1, 0.15) is 12.6 Å². The molecule has 1 amide bonds. The molecular weight excluding hydrogens is 301 g/mol. The number of hydrogen-bond donors (Lipinski definition) is 1. The van der Waals surface area contributed by atoms with Crippen molar-refractivity contribution in [2.24, 2.45) is 0 Å². The van der Waals surface area contributed by atoms with Crippen LogP contribution in [0.15, 0.2) is 0 Å². The molecule has 16 heavy (non-hydrogen) atoms. The second-order valence-corrected chi connectivity index (χ2v) is 6.51. The third-order valence-electron chi connectivity index (χ3n) is 1.76. The zero-order chi connectivity index (χ0) is 12.3. The Morgan fingerprint density at radius 1 is 1.50 bits per heavy atom. The minimum atomic E-state index is -1.69. The molecule has 0 aromatic rings. The smallest absolute Gasteiger partial charge is 0.411 e. The Labute approximate surface area is 111 Å². The van der Waals surface area contributed by atoms with E-state index in [9.17, 15) is 9.59 Å². The number of carbonyl (C=O) groups excluding carboxylic acids is 1. The molecule has 1 aliphatic rings. The summed E-state index contributed by atoms with van der Waals surface area (Å²) >= 11 is 17.5. The van der Waals surface area contributed by atoms with Gasteiger partial charge in [0, 0.05) is 5.75 Å². The molecule has 1 heterocycles. The third-order valence-corrected chi connectivity index (χ3v) is 3.10. The highest BCUT2D eigenvalue weighted by atomic mass is 35.6. The standard InChI is InChI=1S/C7H8Cl3NO4S/c8-7(9,10)2-15-6(14)11-3-16-1-4(11)5(12)13/h4H,1-3H2,(H,12,13)/t4-/m0/s1. The fraction of sp³-hybridized carbons (Fsp3) is 0.714. The van der Waals surface area contributed by atoms with Gasteiger partial charge in [-0.1, -0.05) is 34.8 Å². The van der Waals surface area contributed by atoms with Crippen LogP contribution in [0.2, 0.25) is 0 Å². The van der Waals surface area contributed by atoms with Gasteiger partial charge < -0.3 is 9.84 Å². The van der Waals surface area contributed by atoms with Crippen LogP contribution in [-0.4, -0.2) is 50.1 Å². The quantitative estimate of drug-likeness (QED) is 0.790. The van der Waals surface area contributed by atoms with Crippen LogP contribution in [0.5, 0.6) is 0 Å². The second-order valence-electron chi connectivity index (χ2n) is 2.99. The maximum atomic E-state index is 11.5. The molecule has 0 aliphatic carbocycles. The van der Waals surface area contributed by atoms with E-state index in [0.29, 0.717) is 5.75 Å². The van der Waals surface area contributed by atoms with Gasteiger partial charge in [-0.3, -0.25) is 4.90 Å². The highest BCUT2D eigenvalue weighted by Gasteiger charge is 2.36. The lowest BCUT2D eigenvalue weighted by Gasteiger charge is -2.21. The van der Waals surface area contributed by atoms with Gasteiger partial charge in [0.05, 0.1) is 5.88 Å². The summed E-state index contributed by atoms with van der Waals surface area (Å²) < 4.78 is 2.99. The predicted octanol–water partition coefficient (Wildman–Crippen LogP) is 1.95. The molecule has 9 heteroatoms. The van der Waals surface area contributed by atoms with Gasteiger partial charge in [0.15, 0.2) is 0 Å². The molecule has 1 N–H and O–H groups in total. The normalized spacial score (nSPS) is 20.9. The first-order valence-electron chi connectivity index (χ1n) is 4.12. The Morgan fingerprint density at radius 3 is 2.62 bits per heavy atom. The molecule has 0 saturated carbocycles. The third kappa shape index (κ3) is 4.08. The summed E-state index contributed by atoms with van der Waals surface area (Å²) in [5, 5.41) is 8.82. The van der Waals surface area contributed by atoms with Crippen LogP contribution in [0.1, 0.15) is 0 Å². The molecule has 0 radical (unpaired) electrons. The van der Waals surface area contributed by atoms with Crippen molar-refractivity contribution in [2.75, 3.05) is 18.2 Å². The van der Waals surface area contributed by atoms with E-state index in [1.807, 2.05) is 0 Å². The Kier molecular flexibility index (Phi) is 4.85. The summed E-state index contributed by atoms with van der Waals surface area (Å²) in [6.45, 7) is -0.413. The molecule has 1 atom stereocenters. The predicted molar refractivity (Wildman–Crippen MR) is 62.2 cm³/mol. The summed E-state index contributed by atoms with van der Waals surface area (Å²) in [4.78, 5) is 23.3. The van der Waals surface area contributed by atoms with Crippen molar-refractivity contribution in [1.82, 2.24) is 4.90 Å². The lowest BCUT2D eigenvalue weighted by atomic mass is 10.3. The van der Waals surface area contributed by atoms with E-state index < -0.39 is 28.5 Å². The van der Waals surface area contributed by atoms with Crippen LogP contribution in [-0.2, 0) is 9.53 Å². The number of carboxylic acids is 1. The summed E-state index contributed by atoms with van der Waals surface area (Å²) in [7, 11) is 0. The molecule has 5 nitrogen and oxygen atoms in total. The summed E-state index contributed by atoms with van der Waals surface area (Å²) in [5.74, 6) is -0.482. The lowest BCUT2D eigenvalue weighted by Crippen LogP contribution is -2.42. The number of alkyl halides is 3. The van der Waals surface area contributed by atoms with Crippen molar-refractivity contribution in [3.8, 4) is 0 Å². The van der Waals surface area contributed by atoms with E-state index in [2.05, 4.69) is 4.74 Å². The monoisotopic (exact) mass is 307 g/mol. The van der Waals surface area contributed by atoms with Gasteiger partial charge >= 0.3 is 12.1 Å². The number of nitrogens with zero attached hydrogens (tertiary/aromatic N) is 1. The average Bonchev–Trinajstić information content (AvgIpc) is 2.61. The molecule has 0 aromatic heterocycles. The minimum absolute atomic E-state index is 0.260. The van der Waals surface area contributed by atoms with Gasteiger partial charge in [-0.05, 0) is 0 Å². The molecule has 0 bridgehead atoms. The van der Waals surface area contributed by atoms with Crippen LogP contribution >= 0.6 is 46.6 Å². The average molecular weight is 309 g/mol. The van der Waals surface area contributed by atoms with Gasteiger partial charge in [0.25, 0.3) is 0 Å². The molecule has 0 spiro atoms. The lowest BCUT2D eigenvalue weighted by molar-refractivity contribution is -0.141. The van der Waals surface area contributed by atoms with Crippen molar-refractivity contribution in [3.05, 3.63) is 0 Å². The molecule has 92 valence electrons. The number of amides is 1. The van der Waals surface area contributed by atoms with E-state index in [1.165, 1.54) is 11.8 Å². The second kappa shape index (κ2) is 5.53. The Hall–Kier alpha value is -0.0400. The molecular formula is C7H8Cl3NO4S. The Bertz CT molecular complexity index is 296. The number of halogens is 3. The van der Waals surface area contributed by atoms with Crippen LogP contribution in [0, 0.1) is 0 Å². The van der Waals surface area contributed by atoms with E-state index in [1.54, 1.807) is 0 Å². The molecule has 1 aliphatic heterocycles. The van der Waals surface area contributed by atoms with Crippen molar-refractivity contribution < 1.29 is 19.4 Å². The first-order valence-corrected chi connectivity index (χ1v) is 6.41. The van der Waals surface area contributed by atoms with Crippen molar-refractivity contribution in [3.63, 3.8) is 0 Å². The van der Waals surface area contributed by atoms with E-state index >= 15 is 0 Å². The number of carboxylic acid groups (broad SMARTS) is 1. The van der Waals surface area contributed by atoms with Crippen LogP contribution < -0.4 is 0 Å². The van der Waals surface area contributed by atoms with Crippen molar-refractivity contribution in [1.29, 1.82) is 0 Å². The van der Waals surface area contributed by atoms with Crippen LogP contribution in [0.25, 0.3) is 0 Å². The van der Waals surface area contributed by atoms with Crippen molar-refractivity contribution >= 4 is 58.6 Å². The van der Waals surface area contributed by atoms with E-state index in [4.69, 9.17) is 39.9 Å². The number of carbonyl (C=O) groups is 2. The number of hydrogen-bond acceptors (Lipinski definition) is 4. The topological polar surface area (TPSA) is 66.8 Å². The fourth-order valence-electron chi connectivity index (χ4n) is 1.05. The van der Waals surface area contributed by atoms with E-state index in [-0.39, 0.29) is 5.88 Å². The van der Waals surface area contributed by atoms with Gasteiger partial charge in [-0.15, -0.1) is 11.8 Å².